The third kappa shape index (κ3) is 6.70. The van der Waals surface area contributed by atoms with E-state index < -0.39 is 17.9 Å². The number of hydrogen-bond donors (Lipinski definition) is 3. The van der Waals surface area contributed by atoms with Gasteiger partial charge in [-0.25, -0.2) is 10.2 Å². The Labute approximate surface area is 252 Å². The van der Waals surface area contributed by atoms with Crippen molar-refractivity contribution in [3.05, 3.63) is 92.0 Å². The Morgan fingerprint density at radius 1 is 1.15 bits per heavy atom. The second-order valence-corrected chi connectivity index (χ2v) is 10.7. The predicted octanol–water partition coefficient (Wildman–Crippen LogP) is 4.58. The number of nitrogens with one attached hydrogen (secondary N) is 3. The molecule has 0 bridgehead atoms. The molecule has 40 heavy (non-hydrogen) atoms. The van der Waals surface area contributed by atoms with Crippen LogP contribution in [0.5, 0.6) is 5.75 Å². The second kappa shape index (κ2) is 13.1. The highest BCUT2D eigenvalue weighted by Gasteiger charge is 2.32. The minimum absolute atomic E-state index is 0.237. The summed E-state index contributed by atoms with van der Waals surface area (Å²) < 4.78 is 14.4. The number of allylic oxidation sites excluding steroid dienone is 1. The number of hydrogen-bond acceptors (Lipinski definition) is 6. The fraction of sp³-hybridized carbons (Fsp3) is 0.241. The normalized spacial score (nSPS) is 15.0. The van der Waals surface area contributed by atoms with Gasteiger partial charge < -0.3 is 24.7 Å². The number of para-hydroxylation sites is 1. The number of thiocarbonyl (C=S) groups is 1. The zero-order chi connectivity index (χ0) is 28.8. The summed E-state index contributed by atoms with van der Waals surface area (Å²) in [6.07, 6.45) is 1.62. The maximum atomic E-state index is 12.7. The fourth-order valence-corrected chi connectivity index (χ4v) is 5.14. The molecule has 1 aromatic heterocycles. The maximum Gasteiger partial charge on any atom is 0.338 e. The van der Waals surface area contributed by atoms with E-state index >= 15 is 0 Å². The van der Waals surface area contributed by atoms with Gasteiger partial charge in [0.2, 0.25) is 0 Å². The molecule has 1 atom stereocenters. The third-order valence-electron chi connectivity index (χ3n) is 6.30. The van der Waals surface area contributed by atoms with Gasteiger partial charge in [-0.05, 0) is 98.9 Å². The van der Waals surface area contributed by atoms with Gasteiger partial charge in [-0.2, -0.15) is 5.10 Å². The van der Waals surface area contributed by atoms with Crippen molar-refractivity contribution in [2.45, 2.75) is 33.7 Å². The standard InChI is InChI=1S/C29H30IN5O4S/c1-5-38-28(37)26-18(3)32-29(40)33-27(26)23-8-6-7-9-24(23)39-16-25(36)34-31-15-20-14-17(2)35(19(20)4)22-12-10-21(30)11-13-22/h6-15,27H,5,16H2,1-4H3,(H,34,36)(H2,32,33,40)/t27-/m1/s1. The summed E-state index contributed by atoms with van der Waals surface area (Å²) in [5.41, 5.74) is 8.18. The number of hydrazone groups is 1. The van der Waals surface area contributed by atoms with Gasteiger partial charge in [0.25, 0.3) is 5.91 Å². The van der Waals surface area contributed by atoms with E-state index in [1.54, 1.807) is 32.2 Å². The Balaban J connectivity index is 1.44. The number of nitrogens with zero attached hydrogens (tertiary/aromatic N) is 2. The average molecular weight is 672 g/mol. The lowest BCUT2D eigenvalue weighted by molar-refractivity contribution is -0.139. The smallest absolute Gasteiger partial charge is 0.338 e. The molecular formula is C29H30IN5O4S. The predicted molar refractivity (Wildman–Crippen MR) is 167 cm³/mol. The van der Waals surface area contributed by atoms with Crippen LogP contribution in [0, 0.1) is 17.4 Å². The Hall–Kier alpha value is -3.71. The Bertz CT molecular complexity index is 1500. The Kier molecular flexibility index (Phi) is 9.58. The Morgan fingerprint density at radius 3 is 2.60 bits per heavy atom. The number of aryl methyl sites for hydroxylation is 1. The molecule has 0 radical (unpaired) electrons. The van der Waals surface area contributed by atoms with E-state index in [1.807, 2.05) is 32.0 Å². The largest absolute Gasteiger partial charge is 0.483 e. The van der Waals surface area contributed by atoms with Crippen LogP contribution in [0.25, 0.3) is 5.69 Å². The van der Waals surface area contributed by atoms with Gasteiger partial charge in [0.1, 0.15) is 5.75 Å². The van der Waals surface area contributed by atoms with Crippen molar-refractivity contribution >= 4 is 58.0 Å². The summed E-state index contributed by atoms with van der Waals surface area (Å²) in [6.45, 7) is 7.51. The maximum absolute atomic E-state index is 12.7. The minimum Gasteiger partial charge on any atom is -0.483 e. The molecule has 0 fully saturated rings. The van der Waals surface area contributed by atoms with Gasteiger partial charge in [-0.15, -0.1) is 0 Å². The lowest BCUT2D eigenvalue weighted by Gasteiger charge is -2.30. The number of benzene rings is 2. The monoisotopic (exact) mass is 671 g/mol. The molecule has 11 heteroatoms. The summed E-state index contributed by atoms with van der Waals surface area (Å²) in [7, 11) is 0. The number of esters is 1. The van der Waals surface area contributed by atoms with Gasteiger partial charge in [0, 0.05) is 37.5 Å². The number of aromatic nitrogens is 1. The van der Waals surface area contributed by atoms with Crippen LogP contribution in [0.1, 0.15) is 42.4 Å². The third-order valence-corrected chi connectivity index (χ3v) is 7.24. The molecular weight excluding hydrogens is 641 g/mol. The quantitative estimate of drug-likeness (QED) is 0.101. The number of carbonyl (C=O) groups is 2. The lowest BCUT2D eigenvalue weighted by atomic mass is 9.95. The molecule has 9 nitrogen and oxygen atoms in total. The van der Waals surface area contributed by atoms with Gasteiger partial charge >= 0.3 is 5.97 Å². The van der Waals surface area contributed by atoms with E-state index in [0.29, 0.717) is 27.7 Å². The Morgan fingerprint density at radius 2 is 1.88 bits per heavy atom. The topological polar surface area (TPSA) is 106 Å². The summed E-state index contributed by atoms with van der Waals surface area (Å²) in [4.78, 5) is 25.3. The van der Waals surface area contributed by atoms with Crippen LogP contribution in [0.3, 0.4) is 0 Å². The van der Waals surface area contributed by atoms with Crippen LogP contribution in [0.15, 0.2) is 71.0 Å². The fourth-order valence-electron chi connectivity index (χ4n) is 4.51. The van der Waals surface area contributed by atoms with E-state index in [0.717, 1.165) is 22.6 Å². The van der Waals surface area contributed by atoms with Gasteiger partial charge in [0.05, 0.1) is 24.4 Å². The van der Waals surface area contributed by atoms with Crippen molar-refractivity contribution in [1.29, 1.82) is 0 Å². The molecule has 0 saturated heterocycles. The van der Waals surface area contributed by atoms with E-state index in [-0.39, 0.29) is 13.2 Å². The number of rotatable bonds is 9. The molecule has 2 heterocycles. The lowest BCUT2D eigenvalue weighted by Crippen LogP contribution is -2.45. The average Bonchev–Trinajstić information content (AvgIpc) is 3.20. The molecule has 1 aliphatic rings. The van der Waals surface area contributed by atoms with Crippen LogP contribution in [-0.2, 0) is 14.3 Å². The highest BCUT2D eigenvalue weighted by molar-refractivity contribution is 14.1. The van der Waals surface area contributed by atoms with Gasteiger partial charge in [-0.1, -0.05) is 18.2 Å². The van der Waals surface area contributed by atoms with Crippen LogP contribution in [0.2, 0.25) is 0 Å². The molecule has 4 rings (SSSR count). The molecule has 0 unspecified atom stereocenters. The number of ether oxygens (including phenoxy) is 2. The van der Waals surface area contributed by atoms with E-state index in [4.69, 9.17) is 21.7 Å². The summed E-state index contributed by atoms with van der Waals surface area (Å²) in [6, 6.07) is 16.8. The highest BCUT2D eigenvalue weighted by atomic mass is 127. The number of amides is 1. The first kappa shape index (κ1) is 29.3. The van der Waals surface area contributed by atoms with Gasteiger partial charge in [-0.3, -0.25) is 4.79 Å². The van der Waals surface area contributed by atoms with Crippen LogP contribution in [-0.4, -0.2) is 41.0 Å². The first-order valence-corrected chi connectivity index (χ1v) is 14.1. The van der Waals surface area contributed by atoms with E-state index in [1.165, 1.54) is 3.57 Å². The highest BCUT2D eigenvalue weighted by Crippen LogP contribution is 2.33. The molecule has 3 N–H and O–H groups in total. The summed E-state index contributed by atoms with van der Waals surface area (Å²) in [5.74, 6) is -0.459. The van der Waals surface area contributed by atoms with Crippen molar-refractivity contribution in [3.8, 4) is 11.4 Å². The summed E-state index contributed by atoms with van der Waals surface area (Å²) >= 11 is 7.60. The molecule has 0 saturated carbocycles. The first-order valence-electron chi connectivity index (χ1n) is 12.6. The minimum atomic E-state index is -0.603. The van der Waals surface area contributed by atoms with Crippen molar-refractivity contribution in [2.75, 3.05) is 13.2 Å². The van der Waals surface area contributed by atoms with Crippen LogP contribution in [0.4, 0.5) is 0 Å². The molecule has 2 aromatic carbocycles. The first-order chi connectivity index (χ1) is 19.2. The van der Waals surface area contributed by atoms with Gasteiger partial charge in [0.15, 0.2) is 11.7 Å². The van der Waals surface area contributed by atoms with E-state index in [9.17, 15) is 9.59 Å². The van der Waals surface area contributed by atoms with Crippen LogP contribution >= 0.6 is 34.8 Å². The molecule has 3 aromatic rings. The zero-order valence-corrected chi connectivity index (χ0v) is 25.6. The van der Waals surface area contributed by atoms with Crippen LogP contribution < -0.4 is 20.8 Å². The molecule has 1 aliphatic heterocycles. The van der Waals surface area contributed by atoms with Crippen molar-refractivity contribution < 1.29 is 19.1 Å². The zero-order valence-electron chi connectivity index (χ0n) is 22.6. The van der Waals surface area contributed by atoms with E-state index in [2.05, 4.69) is 72.6 Å². The molecule has 1 amide bonds. The summed E-state index contributed by atoms with van der Waals surface area (Å²) in [5, 5.41) is 10.6. The van der Waals surface area contributed by atoms with Crippen molar-refractivity contribution in [3.63, 3.8) is 0 Å². The molecule has 0 spiro atoms. The second-order valence-electron chi connectivity index (χ2n) is 9.05. The molecule has 0 aliphatic carbocycles. The van der Waals surface area contributed by atoms with Crippen molar-refractivity contribution in [1.82, 2.24) is 20.6 Å². The van der Waals surface area contributed by atoms with Crippen molar-refractivity contribution in [2.24, 2.45) is 5.10 Å². The molecule has 208 valence electrons. The number of carbonyl (C=O) groups excluding carboxylic acids is 2. The SMILES string of the molecule is CCOC(=O)C1=C(C)NC(=S)N[C@@H]1c1ccccc1OCC(=O)NN=Cc1cc(C)n(-c2ccc(I)cc2)c1C. The number of halogens is 1.